The van der Waals surface area contributed by atoms with Crippen LogP contribution in [0.3, 0.4) is 0 Å². The average molecular weight is 339 g/mol. The van der Waals surface area contributed by atoms with Gasteiger partial charge in [-0.15, -0.1) is 0 Å². The van der Waals surface area contributed by atoms with Crippen molar-refractivity contribution in [3.05, 3.63) is 59.7 Å². The van der Waals surface area contributed by atoms with Crippen molar-refractivity contribution in [2.24, 2.45) is 0 Å². The molecule has 0 saturated heterocycles. The van der Waals surface area contributed by atoms with Crippen LogP contribution in [0.2, 0.25) is 0 Å². The Morgan fingerprint density at radius 1 is 1.16 bits per heavy atom. The van der Waals surface area contributed by atoms with Gasteiger partial charge in [0.15, 0.2) is 6.10 Å². The summed E-state index contributed by atoms with van der Waals surface area (Å²) in [6.45, 7) is 3.75. The molecule has 2 aromatic rings. The van der Waals surface area contributed by atoms with Crippen LogP contribution in [0.5, 0.6) is 5.75 Å². The number of esters is 1. The number of benzene rings is 2. The summed E-state index contributed by atoms with van der Waals surface area (Å²) < 4.78 is 10.5. The van der Waals surface area contributed by atoms with E-state index in [4.69, 9.17) is 9.47 Å². The van der Waals surface area contributed by atoms with E-state index in [1.54, 1.807) is 36.1 Å². The van der Waals surface area contributed by atoms with Gasteiger partial charge in [-0.05, 0) is 50.1 Å². The number of nitrogens with zero attached hydrogens (tertiary/aromatic N) is 1. The lowest BCUT2D eigenvalue weighted by Gasteiger charge is -2.26. The highest BCUT2D eigenvalue weighted by atomic mass is 16.5. The molecule has 5 nitrogen and oxygen atoms in total. The van der Waals surface area contributed by atoms with Crippen molar-refractivity contribution in [3.8, 4) is 5.75 Å². The first-order chi connectivity index (χ1) is 12.0. The second-order valence-corrected chi connectivity index (χ2v) is 6.17. The van der Waals surface area contributed by atoms with Crippen LogP contribution in [-0.4, -0.2) is 31.1 Å². The fraction of sp³-hybridized carbons (Fsp3) is 0.300. The zero-order valence-electron chi connectivity index (χ0n) is 14.6. The molecular weight excluding hydrogens is 318 g/mol. The second kappa shape index (κ2) is 6.97. The third kappa shape index (κ3) is 3.36. The van der Waals surface area contributed by atoms with Gasteiger partial charge in [-0.2, -0.15) is 0 Å². The Kier molecular flexibility index (Phi) is 4.74. The zero-order chi connectivity index (χ0) is 18.0. The van der Waals surface area contributed by atoms with Crippen LogP contribution >= 0.6 is 0 Å². The molecule has 130 valence electrons. The molecule has 2 atom stereocenters. The largest absolute Gasteiger partial charge is 0.481 e. The molecule has 0 N–H and O–H groups in total. The standard InChI is InChI=1S/C20H21NO4/c1-13-11-15-7-4-5-10-18(15)21(13)19(22)14(2)25-17-9-6-8-16(12-17)20(23)24-3/h4-10,12-14H,11H2,1-3H3/t13-,14+/m0/s1. The summed E-state index contributed by atoms with van der Waals surface area (Å²) in [5, 5.41) is 0. The van der Waals surface area contributed by atoms with E-state index >= 15 is 0 Å². The van der Waals surface area contributed by atoms with E-state index in [1.165, 1.54) is 12.7 Å². The minimum Gasteiger partial charge on any atom is -0.481 e. The summed E-state index contributed by atoms with van der Waals surface area (Å²) in [7, 11) is 1.33. The quantitative estimate of drug-likeness (QED) is 0.803. The normalized spacial score (nSPS) is 16.9. The molecule has 0 fully saturated rings. The number of anilines is 1. The van der Waals surface area contributed by atoms with Crippen molar-refractivity contribution in [2.75, 3.05) is 12.0 Å². The zero-order valence-corrected chi connectivity index (χ0v) is 14.6. The third-order valence-electron chi connectivity index (χ3n) is 4.36. The molecule has 0 saturated carbocycles. The summed E-state index contributed by atoms with van der Waals surface area (Å²) in [5.41, 5.74) is 2.50. The van der Waals surface area contributed by atoms with Gasteiger partial charge in [0.1, 0.15) is 5.75 Å². The maximum Gasteiger partial charge on any atom is 0.337 e. The summed E-state index contributed by atoms with van der Waals surface area (Å²) >= 11 is 0. The molecule has 0 unspecified atom stereocenters. The second-order valence-electron chi connectivity index (χ2n) is 6.17. The highest BCUT2D eigenvalue weighted by Crippen LogP contribution is 2.32. The van der Waals surface area contributed by atoms with Crippen molar-refractivity contribution in [1.82, 2.24) is 0 Å². The molecule has 0 spiro atoms. The number of hydrogen-bond acceptors (Lipinski definition) is 4. The number of fused-ring (bicyclic) bond motifs is 1. The van der Waals surface area contributed by atoms with Gasteiger partial charge < -0.3 is 14.4 Å². The van der Waals surface area contributed by atoms with Gasteiger partial charge in [0.25, 0.3) is 5.91 Å². The van der Waals surface area contributed by atoms with E-state index in [0.29, 0.717) is 11.3 Å². The average Bonchev–Trinajstić information content (AvgIpc) is 2.96. The molecule has 0 aromatic heterocycles. The minimum atomic E-state index is -0.665. The first-order valence-corrected chi connectivity index (χ1v) is 8.27. The molecule has 1 aliphatic heterocycles. The van der Waals surface area contributed by atoms with E-state index in [1.807, 2.05) is 31.2 Å². The van der Waals surface area contributed by atoms with E-state index in [0.717, 1.165) is 12.1 Å². The Hall–Kier alpha value is -2.82. The molecule has 0 radical (unpaired) electrons. The number of methoxy groups -OCH3 is 1. The summed E-state index contributed by atoms with van der Waals surface area (Å²) in [6, 6.07) is 14.7. The Morgan fingerprint density at radius 3 is 2.68 bits per heavy atom. The fourth-order valence-corrected chi connectivity index (χ4v) is 3.17. The molecule has 3 rings (SSSR count). The molecule has 0 aliphatic carbocycles. The summed E-state index contributed by atoms with van der Waals surface area (Å²) in [5.74, 6) is -0.0728. The van der Waals surface area contributed by atoms with E-state index < -0.39 is 12.1 Å². The van der Waals surface area contributed by atoms with Gasteiger partial charge in [-0.1, -0.05) is 24.3 Å². The van der Waals surface area contributed by atoms with E-state index in [-0.39, 0.29) is 11.9 Å². The Labute approximate surface area is 147 Å². The Balaban J connectivity index is 1.77. The highest BCUT2D eigenvalue weighted by Gasteiger charge is 2.33. The number of ether oxygens (including phenoxy) is 2. The predicted octanol–water partition coefficient (Wildman–Crippen LogP) is 3.22. The van der Waals surface area contributed by atoms with Crippen LogP contribution in [0.25, 0.3) is 0 Å². The molecule has 0 bridgehead atoms. The van der Waals surface area contributed by atoms with Crippen LogP contribution in [0, 0.1) is 0 Å². The topological polar surface area (TPSA) is 55.8 Å². The van der Waals surface area contributed by atoms with Crippen LogP contribution in [0.1, 0.15) is 29.8 Å². The number of hydrogen-bond donors (Lipinski definition) is 0. The maximum atomic E-state index is 12.9. The van der Waals surface area contributed by atoms with E-state index in [2.05, 4.69) is 0 Å². The van der Waals surface area contributed by atoms with Gasteiger partial charge in [-0.25, -0.2) is 4.79 Å². The van der Waals surface area contributed by atoms with Gasteiger partial charge >= 0.3 is 5.97 Å². The van der Waals surface area contributed by atoms with Gasteiger partial charge in [0, 0.05) is 11.7 Å². The van der Waals surface area contributed by atoms with Gasteiger partial charge in [0.2, 0.25) is 0 Å². The molecule has 1 aliphatic rings. The SMILES string of the molecule is COC(=O)c1cccc(O[C@H](C)C(=O)N2c3ccccc3C[C@@H]2C)c1. The number of amides is 1. The van der Waals surface area contributed by atoms with Crippen LogP contribution in [0.4, 0.5) is 5.69 Å². The minimum absolute atomic E-state index is 0.0948. The van der Waals surface area contributed by atoms with Crippen LogP contribution < -0.4 is 9.64 Å². The lowest BCUT2D eigenvalue weighted by molar-refractivity contribution is -0.124. The molecule has 5 heteroatoms. The van der Waals surface area contributed by atoms with Crippen molar-refractivity contribution in [1.29, 1.82) is 0 Å². The van der Waals surface area contributed by atoms with Crippen molar-refractivity contribution < 1.29 is 19.1 Å². The Bertz CT molecular complexity index is 802. The summed E-state index contributed by atoms with van der Waals surface area (Å²) in [4.78, 5) is 26.3. The molecular formula is C20H21NO4. The lowest BCUT2D eigenvalue weighted by Crippen LogP contribution is -2.43. The molecule has 1 heterocycles. The van der Waals surface area contributed by atoms with Crippen LogP contribution in [0.15, 0.2) is 48.5 Å². The monoisotopic (exact) mass is 339 g/mol. The first-order valence-electron chi connectivity index (χ1n) is 8.27. The third-order valence-corrected chi connectivity index (χ3v) is 4.36. The molecule has 1 amide bonds. The Morgan fingerprint density at radius 2 is 1.92 bits per heavy atom. The fourth-order valence-electron chi connectivity index (χ4n) is 3.17. The summed E-state index contributed by atoms with van der Waals surface area (Å²) in [6.07, 6.45) is 0.174. The van der Waals surface area contributed by atoms with Crippen molar-refractivity contribution in [3.63, 3.8) is 0 Å². The predicted molar refractivity (Wildman–Crippen MR) is 95.0 cm³/mol. The lowest BCUT2D eigenvalue weighted by atomic mass is 10.1. The van der Waals surface area contributed by atoms with Crippen molar-refractivity contribution in [2.45, 2.75) is 32.4 Å². The number of carbonyl (C=O) groups excluding carboxylic acids is 2. The van der Waals surface area contributed by atoms with Gasteiger partial charge in [0.05, 0.1) is 12.7 Å². The van der Waals surface area contributed by atoms with Crippen LogP contribution in [-0.2, 0) is 16.0 Å². The van der Waals surface area contributed by atoms with Crippen molar-refractivity contribution >= 4 is 17.6 Å². The highest BCUT2D eigenvalue weighted by molar-refractivity contribution is 5.99. The molecule has 2 aromatic carbocycles. The maximum absolute atomic E-state index is 12.9. The number of carbonyl (C=O) groups is 2. The van der Waals surface area contributed by atoms with E-state index in [9.17, 15) is 9.59 Å². The van der Waals surface area contributed by atoms with Gasteiger partial charge in [-0.3, -0.25) is 4.79 Å². The number of rotatable bonds is 4. The smallest absolute Gasteiger partial charge is 0.337 e. The first kappa shape index (κ1) is 17.0. The number of para-hydroxylation sites is 1. The molecule has 25 heavy (non-hydrogen) atoms.